The molecular formula is C17H12N2O5. The standard InChI is InChI=1S/C17H12N2O5/c1-24-16-7-6-11(8-15(16)19(22)23)17(21)18-9-12(10-20)13-4-2-3-5-14(13)18/h2-10H,1H3. The van der Waals surface area contributed by atoms with E-state index in [9.17, 15) is 19.7 Å². The van der Waals surface area contributed by atoms with Crippen molar-refractivity contribution in [2.45, 2.75) is 0 Å². The minimum atomic E-state index is -0.611. The Kier molecular flexibility index (Phi) is 3.83. The maximum absolute atomic E-state index is 12.7. The summed E-state index contributed by atoms with van der Waals surface area (Å²) in [5.74, 6) is -0.396. The van der Waals surface area contributed by atoms with Crippen LogP contribution in [0, 0.1) is 10.1 Å². The molecule has 0 atom stereocenters. The van der Waals surface area contributed by atoms with Crippen LogP contribution in [-0.4, -0.2) is 28.8 Å². The van der Waals surface area contributed by atoms with Crippen molar-refractivity contribution in [1.29, 1.82) is 0 Å². The SMILES string of the molecule is COc1ccc(C(=O)n2cc(C=O)c3ccccc32)cc1[N+](=O)[O-]. The van der Waals surface area contributed by atoms with Gasteiger partial charge in [-0.25, -0.2) is 0 Å². The van der Waals surface area contributed by atoms with Crippen LogP contribution in [0.25, 0.3) is 10.9 Å². The molecule has 0 unspecified atom stereocenters. The second-order valence-electron chi connectivity index (χ2n) is 5.04. The molecule has 7 nitrogen and oxygen atoms in total. The van der Waals surface area contributed by atoms with Crippen molar-refractivity contribution in [2.75, 3.05) is 7.11 Å². The van der Waals surface area contributed by atoms with Gasteiger partial charge in [0.2, 0.25) is 0 Å². The molecule has 1 heterocycles. The maximum Gasteiger partial charge on any atom is 0.311 e. The van der Waals surface area contributed by atoms with Gasteiger partial charge in [0.1, 0.15) is 0 Å². The normalized spacial score (nSPS) is 10.5. The summed E-state index contributed by atoms with van der Waals surface area (Å²) in [5, 5.41) is 11.8. The lowest BCUT2D eigenvalue weighted by Crippen LogP contribution is -2.11. The van der Waals surface area contributed by atoms with Crippen molar-refractivity contribution < 1.29 is 19.2 Å². The molecule has 0 radical (unpaired) electrons. The summed E-state index contributed by atoms with van der Waals surface area (Å²) in [6.45, 7) is 0. The first-order chi connectivity index (χ1) is 11.6. The topological polar surface area (TPSA) is 91.4 Å². The van der Waals surface area contributed by atoms with Crippen molar-refractivity contribution in [3.8, 4) is 5.75 Å². The smallest absolute Gasteiger partial charge is 0.311 e. The predicted octanol–water partition coefficient (Wildman–Crippen LogP) is 3.06. The third kappa shape index (κ3) is 2.41. The third-order valence-corrected chi connectivity index (χ3v) is 3.71. The Hall–Kier alpha value is -3.48. The highest BCUT2D eigenvalue weighted by Gasteiger charge is 2.20. The molecule has 24 heavy (non-hydrogen) atoms. The minimum absolute atomic E-state index is 0.0718. The number of carbonyl (C=O) groups is 2. The van der Waals surface area contributed by atoms with Crippen LogP contribution in [0.4, 0.5) is 5.69 Å². The van der Waals surface area contributed by atoms with Crippen LogP contribution in [0.5, 0.6) is 5.75 Å². The largest absolute Gasteiger partial charge is 0.490 e. The molecule has 0 saturated carbocycles. The van der Waals surface area contributed by atoms with Gasteiger partial charge in [0.25, 0.3) is 5.91 Å². The van der Waals surface area contributed by atoms with E-state index >= 15 is 0 Å². The number of carbonyl (C=O) groups excluding carboxylic acids is 2. The average Bonchev–Trinajstić information content (AvgIpc) is 2.99. The van der Waals surface area contributed by atoms with Crippen LogP contribution in [0.1, 0.15) is 20.7 Å². The van der Waals surface area contributed by atoms with Gasteiger partial charge in [0, 0.05) is 28.8 Å². The lowest BCUT2D eigenvalue weighted by Gasteiger charge is -2.06. The molecule has 0 saturated heterocycles. The molecule has 0 amide bonds. The Morgan fingerprint density at radius 2 is 2.00 bits per heavy atom. The molecule has 120 valence electrons. The van der Waals surface area contributed by atoms with Crippen LogP contribution in [0.3, 0.4) is 0 Å². The highest BCUT2D eigenvalue weighted by molar-refractivity contribution is 6.07. The number of hydrogen-bond acceptors (Lipinski definition) is 5. The molecule has 2 aromatic carbocycles. The molecule has 0 bridgehead atoms. The summed E-state index contributed by atoms with van der Waals surface area (Å²) in [4.78, 5) is 34.4. The maximum atomic E-state index is 12.7. The number of rotatable bonds is 4. The van der Waals surface area contributed by atoms with Gasteiger partial charge >= 0.3 is 5.69 Å². The van der Waals surface area contributed by atoms with Gasteiger partial charge in [0.05, 0.1) is 17.5 Å². The van der Waals surface area contributed by atoms with Gasteiger partial charge in [-0.1, -0.05) is 18.2 Å². The molecule has 3 aromatic rings. The zero-order valence-corrected chi connectivity index (χ0v) is 12.6. The highest BCUT2D eigenvalue weighted by Crippen LogP contribution is 2.29. The van der Waals surface area contributed by atoms with Crippen LogP contribution in [-0.2, 0) is 0 Å². The van der Waals surface area contributed by atoms with Crippen LogP contribution in [0.15, 0.2) is 48.7 Å². The van der Waals surface area contributed by atoms with Crippen molar-refractivity contribution >= 4 is 28.8 Å². The number of nitro groups is 1. The van der Waals surface area contributed by atoms with E-state index in [0.29, 0.717) is 22.8 Å². The molecule has 7 heteroatoms. The first kappa shape index (κ1) is 15.4. The quantitative estimate of drug-likeness (QED) is 0.418. The number of aldehydes is 1. The predicted molar refractivity (Wildman–Crippen MR) is 86.7 cm³/mol. The molecule has 0 aliphatic carbocycles. The molecule has 0 aliphatic rings. The number of para-hydroxylation sites is 1. The monoisotopic (exact) mass is 324 g/mol. The van der Waals surface area contributed by atoms with Crippen molar-refractivity contribution in [2.24, 2.45) is 0 Å². The van der Waals surface area contributed by atoms with E-state index in [4.69, 9.17) is 4.74 Å². The second-order valence-corrected chi connectivity index (χ2v) is 5.04. The summed E-state index contributed by atoms with van der Waals surface area (Å²) in [6.07, 6.45) is 2.10. The molecule has 0 fully saturated rings. The first-order valence-corrected chi connectivity index (χ1v) is 6.99. The van der Waals surface area contributed by atoms with E-state index in [2.05, 4.69) is 0 Å². The molecule has 3 rings (SSSR count). The lowest BCUT2D eigenvalue weighted by atomic mass is 10.1. The van der Waals surface area contributed by atoms with Gasteiger partial charge in [-0.15, -0.1) is 0 Å². The summed E-state index contributed by atoms with van der Waals surface area (Å²) in [5.41, 5.74) is 0.765. The van der Waals surface area contributed by atoms with Gasteiger partial charge < -0.3 is 4.74 Å². The van der Waals surface area contributed by atoms with Crippen LogP contribution >= 0.6 is 0 Å². The second kappa shape index (κ2) is 5.96. The van der Waals surface area contributed by atoms with Gasteiger partial charge in [-0.3, -0.25) is 24.3 Å². The summed E-state index contributed by atoms with van der Waals surface area (Å²) in [6, 6.07) is 10.9. The fourth-order valence-electron chi connectivity index (χ4n) is 2.57. The number of benzene rings is 2. The van der Waals surface area contributed by atoms with Crippen LogP contribution in [0.2, 0.25) is 0 Å². The van der Waals surface area contributed by atoms with E-state index in [-0.39, 0.29) is 17.0 Å². The number of fused-ring (bicyclic) bond motifs is 1. The summed E-state index contributed by atoms with van der Waals surface area (Å²) < 4.78 is 6.24. The van der Waals surface area contributed by atoms with Gasteiger partial charge in [-0.05, 0) is 18.2 Å². The van der Waals surface area contributed by atoms with E-state index in [1.54, 1.807) is 24.3 Å². The van der Waals surface area contributed by atoms with E-state index in [0.717, 1.165) is 6.07 Å². The molecular weight excluding hydrogens is 312 g/mol. The number of nitro benzene ring substituents is 1. The number of aromatic nitrogens is 1. The lowest BCUT2D eigenvalue weighted by molar-refractivity contribution is -0.385. The number of hydrogen-bond donors (Lipinski definition) is 0. The number of nitrogens with zero attached hydrogens (tertiary/aromatic N) is 2. The fraction of sp³-hybridized carbons (Fsp3) is 0.0588. The molecule has 0 N–H and O–H groups in total. The highest BCUT2D eigenvalue weighted by atomic mass is 16.6. The average molecular weight is 324 g/mol. The Balaban J connectivity index is 2.15. The van der Waals surface area contributed by atoms with Crippen LogP contribution < -0.4 is 4.74 Å². The van der Waals surface area contributed by atoms with Gasteiger partial charge in [0.15, 0.2) is 12.0 Å². The van der Waals surface area contributed by atoms with Crippen molar-refractivity contribution in [1.82, 2.24) is 4.57 Å². The Bertz CT molecular complexity index is 974. The van der Waals surface area contributed by atoms with E-state index in [1.807, 2.05) is 0 Å². The fourth-order valence-corrected chi connectivity index (χ4v) is 2.57. The number of methoxy groups -OCH3 is 1. The van der Waals surface area contributed by atoms with Gasteiger partial charge in [-0.2, -0.15) is 0 Å². The van der Waals surface area contributed by atoms with Crippen molar-refractivity contribution in [3.05, 3.63) is 69.9 Å². The zero-order chi connectivity index (χ0) is 17.3. The summed E-state index contributed by atoms with van der Waals surface area (Å²) >= 11 is 0. The third-order valence-electron chi connectivity index (χ3n) is 3.71. The Morgan fingerprint density at radius 3 is 2.67 bits per heavy atom. The Labute approximate surface area is 136 Å². The molecule has 0 spiro atoms. The molecule has 0 aliphatic heterocycles. The Morgan fingerprint density at radius 1 is 1.25 bits per heavy atom. The summed E-state index contributed by atoms with van der Waals surface area (Å²) in [7, 11) is 1.32. The number of ether oxygens (including phenoxy) is 1. The molecule has 1 aromatic heterocycles. The zero-order valence-electron chi connectivity index (χ0n) is 12.6. The van der Waals surface area contributed by atoms with Crippen molar-refractivity contribution in [3.63, 3.8) is 0 Å². The first-order valence-electron chi connectivity index (χ1n) is 6.99. The minimum Gasteiger partial charge on any atom is -0.490 e. The van der Waals surface area contributed by atoms with E-state index in [1.165, 1.54) is 30.0 Å². The van der Waals surface area contributed by atoms with E-state index < -0.39 is 10.8 Å².